The highest BCUT2D eigenvalue weighted by molar-refractivity contribution is 6.18. The largest absolute Gasteiger partial charge is 0.396 e. The van der Waals surface area contributed by atoms with Gasteiger partial charge in [-0.05, 0) is 165 Å². The summed E-state index contributed by atoms with van der Waals surface area (Å²) in [5, 5.41) is 22.8. The van der Waals surface area contributed by atoms with E-state index in [1.165, 1.54) is 44.5 Å². The number of aliphatic hydroxyl groups is 1. The molecule has 7 rings (SSSR count). The van der Waals surface area contributed by atoms with E-state index in [2.05, 4.69) is 106 Å². The summed E-state index contributed by atoms with van der Waals surface area (Å²) >= 11 is 0. The van der Waals surface area contributed by atoms with E-state index < -0.39 is 5.97 Å². The van der Waals surface area contributed by atoms with Crippen LogP contribution in [0.25, 0.3) is 12.2 Å². The normalized spacial score (nSPS) is 14.8. The number of nitrogens with one attached hydrogen (secondary N) is 4. The molecule has 7 heterocycles. The van der Waals surface area contributed by atoms with Crippen LogP contribution in [-0.2, 0) is 35.4 Å². The molecule has 0 radical (unpaired) electrons. The van der Waals surface area contributed by atoms with Gasteiger partial charge in [0.2, 0.25) is 0 Å². The third kappa shape index (κ3) is 6.76. The smallest absolute Gasteiger partial charge is 0.342 e. The molecule has 0 atom stereocenters. The summed E-state index contributed by atoms with van der Waals surface area (Å²) in [5.41, 5.74) is 21.7. The number of rotatable bonds is 10. The summed E-state index contributed by atoms with van der Waals surface area (Å²) in [4.78, 5) is 42.5. The van der Waals surface area contributed by atoms with Crippen molar-refractivity contribution in [3.05, 3.63) is 122 Å². The fraction of sp³-hybridized carbons (Fsp3) is 0.426. The second kappa shape index (κ2) is 16.3. The number of carbonyl (C=O) groups is 1. The van der Waals surface area contributed by atoms with Crippen LogP contribution >= 0.6 is 0 Å². The maximum absolute atomic E-state index is 12.3. The second-order valence-electron chi connectivity index (χ2n) is 15.4. The number of allylic oxidation sites excluding steroid dienone is 4. The quantitative estimate of drug-likeness (QED) is 0.0712. The van der Waals surface area contributed by atoms with E-state index in [0.29, 0.717) is 19.3 Å². The van der Waals surface area contributed by atoms with Gasteiger partial charge in [0.15, 0.2) is 0 Å². The van der Waals surface area contributed by atoms with Crippen LogP contribution in [0.2, 0.25) is 0 Å². The van der Waals surface area contributed by atoms with Crippen molar-refractivity contribution >= 4 is 29.5 Å². The standard InChI is InChI=1S/C46H56N6O4.CH4/c1-11-28-24(7)39-41-26(9)30(13-3)43(51-41)44-31(14-4)27(10)42(52-44)40-25(8)29(12-2)37(50-40)21-35-23(6)33(17-18-38(54)56-55)46(48-35)45-32(16-15-19-53)22(5)34(47-45)20-36(28)49-39;/h20-21,47-50,53,55H,11-19H2,1-10H3;1H4. The molecule has 0 amide bonds. The Bertz CT molecular complexity index is 2680. The van der Waals surface area contributed by atoms with Gasteiger partial charge in [0.1, 0.15) is 0 Å². The Balaban J connectivity index is 0.00000549. The SMILES string of the molecule is C.CCC1=C(C)C2=NC1=C1N=C(C(C)=C1CC)c1[nH]c(c(CC)c1C)C=c1[nH]c(c(CCC(=O)OO)c1C)=c1[nH]c(c(C)c1CCCO)=Cc1[nH]c2c(C)c1CC. The molecule has 0 unspecified atom stereocenters. The summed E-state index contributed by atoms with van der Waals surface area (Å²) in [5.74, 6) is -0.685. The number of aliphatic imine (C=N–C) groups is 2. The number of nitrogens with zero attached hydrogens (tertiary/aromatic N) is 2. The molecule has 0 aromatic carbocycles. The van der Waals surface area contributed by atoms with Gasteiger partial charge in [-0.25, -0.2) is 14.8 Å². The molecule has 0 saturated carbocycles. The number of H-pyrrole nitrogens is 4. The molecule has 10 nitrogen and oxygen atoms in total. The summed E-state index contributed by atoms with van der Waals surface area (Å²) in [6.45, 7) is 21.8. The van der Waals surface area contributed by atoms with E-state index in [1.807, 2.05) is 0 Å². The van der Waals surface area contributed by atoms with E-state index in [-0.39, 0.29) is 20.5 Å². The highest BCUT2D eigenvalue weighted by Crippen LogP contribution is 2.41. The lowest BCUT2D eigenvalue weighted by Gasteiger charge is -2.07. The summed E-state index contributed by atoms with van der Waals surface area (Å²) < 4.78 is 0. The van der Waals surface area contributed by atoms with E-state index in [0.717, 1.165) is 115 Å². The first-order valence-electron chi connectivity index (χ1n) is 20.3. The third-order valence-electron chi connectivity index (χ3n) is 12.5. The monoisotopic (exact) mass is 772 g/mol. The fourth-order valence-electron chi connectivity index (χ4n) is 9.32. The molecule has 0 saturated heterocycles. The van der Waals surface area contributed by atoms with Crippen molar-refractivity contribution < 1.29 is 20.0 Å². The van der Waals surface area contributed by atoms with Gasteiger partial charge in [0.05, 0.1) is 51.3 Å². The molecule has 3 aliphatic rings. The van der Waals surface area contributed by atoms with Crippen LogP contribution in [0.1, 0.15) is 142 Å². The van der Waals surface area contributed by atoms with Crippen LogP contribution in [0.4, 0.5) is 0 Å². The fourth-order valence-corrected chi connectivity index (χ4v) is 9.32. The highest BCUT2D eigenvalue weighted by Gasteiger charge is 2.32. The molecule has 4 aromatic rings. The molecule has 12 bridgehead atoms. The maximum Gasteiger partial charge on any atom is 0.342 e. The van der Waals surface area contributed by atoms with Crippen molar-refractivity contribution in [3.8, 4) is 0 Å². The van der Waals surface area contributed by atoms with Gasteiger partial charge in [-0.3, -0.25) is 0 Å². The predicted molar refractivity (Wildman–Crippen MR) is 230 cm³/mol. The van der Waals surface area contributed by atoms with Crippen LogP contribution in [0.3, 0.4) is 0 Å². The molecule has 0 fully saturated rings. The molecule has 10 heteroatoms. The van der Waals surface area contributed by atoms with Crippen molar-refractivity contribution in [1.82, 2.24) is 19.9 Å². The van der Waals surface area contributed by atoms with Crippen molar-refractivity contribution in [2.45, 2.75) is 128 Å². The van der Waals surface area contributed by atoms with Crippen molar-refractivity contribution in [2.24, 2.45) is 9.98 Å². The average molecular weight is 773 g/mol. The first kappa shape index (κ1) is 41.4. The van der Waals surface area contributed by atoms with Gasteiger partial charge in [0, 0.05) is 28.7 Å². The minimum Gasteiger partial charge on any atom is -0.396 e. The second-order valence-corrected chi connectivity index (χ2v) is 15.4. The summed E-state index contributed by atoms with van der Waals surface area (Å²) in [6.07, 6.45) is 9.39. The molecule has 6 N–H and O–H groups in total. The number of hydrogen-bond donors (Lipinski definition) is 6. The lowest BCUT2D eigenvalue weighted by Crippen LogP contribution is -2.07. The van der Waals surface area contributed by atoms with Crippen molar-refractivity contribution in [3.63, 3.8) is 0 Å². The zero-order valence-corrected chi connectivity index (χ0v) is 34.6. The topological polar surface area (TPSA) is 155 Å². The van der Waals surface area contributed by atoms with E-state index in [9.17, 15) is 9.90 Å². The third-order valence-corrected chi connectivity index (χ3v) is 12.5. The average Bonchev–Trinajstić information content (AvgIpc) is 4.00. The van der Waals surface area contributed by atoms with Crippen LogP contribution in [0, 0.1) is 38.4 Å². The number of carbonyl (C=O) groups excluding carboxylic acids is 1. The molecular formula is C47H60N6O4. The molecule has 57 heavy (non-hydrogen) atoms. The van der Waals surface area contributed by atoms with Gasteiger partial charge in [0.25, 0.3) is 0 Å². The zero-order chi connectivity index (χ0) is 40.2. The Morgan fingerprint density at radius 1 is 0.632 bits per heavy atom. The van der Waals surface area contributed by atoms with Gasteiger partial charge in [-0.15, -0.1) is 0 Å². The zero-order valence-electron chi connectivity index (χ0n) is 34.6. The highest BCUT2D eigenvalue weighted by atomic mass is 17.1. The number of fused-ring (bicyclic) bond motifs is 12. The first-order valence-corrected chi connectivity index (χ1v) is 20.3. The van der Waals surface area contributed by atoms with E-state index in [4.69, 9.17) is 15.2 Å². The Morgan fingerprint density at radius 3 is 1.46 bits per heavy atom. The van der Waals surface area contributed by atoms with E-state index >= 15 is 0 Å². The molecule has 3 aliphatic heterocycles. The Labute approximate surface area is 335 Å². The Morgan fingerprint density at radius 2 is 1.07 bits per heavy atom. The lowest BCUT2D eigenvalue weighted by atomic mass is 9.96. The molecule has 0 aliphatic carbocycles. The lowest BCUT2D eigenvalue weighted by molar-refractivity contribution is -0.234. The van der Waals surface area contributed by atoms with Crippen LogP contribution in [0.5, 0.6) is 0 Å². The molecule has 302 valence electrons. The van der Waals surface area contributed by atoms with Gasteiger partial charge >= 0.3 is 5.97 Å². The van der Waals surface area contributed by atoms with Crippen LogP contribution < -0.4 is 10.7 Å². The van der Waals surface area contributed by atoms with Gasteiger partial charge in [-0.1, -0.05) is 35.1 Å². The Kier molecular flexibility index (Phi) is 11.9. The summed E-state index contributed by atoms with van der Waals surface area (Å²) in [7, 11) is 0. The van der Waals surface area contributed by atoms with Gasteiger partial charge < -0.3 is 29.9 Å². The van der Waals surface area contributed by atoms with Crippen LogP contribution in [0.15, 0.2) is 43.7 Å². The summed E-state index contributed by atoms with van der Waals surface area (Å²) in [6, 6.07) is 0. The number of aromatic nitrogens is 4. The minimum atomic E-state index is -0.685. The van der Waals surface area contributed by atoms with Gasteiger partial charge in [-0.2, -0.15) is 5.26 Å². The number of aliphatic hydroxyl groups excluding tert-OH is 1. The molecular weight excluding hydrogens is 713 g/mol. The van der Waals surface area contributed by atoms with Crippen molar-refractivity contribution in [2.75, 3.05) is 6.61 Å². The van der Waals surface area contributed by atoms with E-state index in [1.54, 1.807) is 0 Å². The Hall–Kier alpha value is -5.19. The molecule has 4 aromatic heterocycles. The predicted octanol–water partition coefficient (Wildman–Crippen LogP) is 8.10. The first-order chi connectivity index (χ1) is 26.9. The minimum absolute atomic E-state index is 0. The number of hydrogen-bond acceptors (Lipinski definition) is 6. The number of aromatic amines is 4. The van der Waals surface area contributed by atoms with Crippen LogP contribution in [-0.4, -0.2) is 54.3 Å². The molecule has 0 spiro atoms. The maximum atomic E-state index is 12.3. The van der Waals surface area contributed by atoms with Crippen molar-refractivity contribution in [1.29, 1.82) is 0 Å².